The summed E-state index contributed by atoms with van der Waals surface area (Å²) in [6.07, 6.45) is 9.70. The van der Waals surface area contributed by atoms with Gasteiger partial charge in [-0.25, -0.2) is 4.79 Å². The summed E-state index contributed by atoms with van der Waals surface area (Å²) in [7, 11) is 0. The van der Waals surface area contributed by atoms with Gasteiger partial charge in [0, 0.05) is 12.6 Å². The molecule has 116 valence electrons. The minimum absolute atomic E-state index is 0.188. The van der Waals surface area contributed by atoms with E-state index in [0.29, 0.717) is 12.5 Å². The number of hydrogen-bond donors (Lipinski definition) is 3. The molecular formula is C16H24N2O3. The van der Waals surface area contributed by atoms with Gasteiger partial charge in [-0.3, -0.25) is 4.79 Å². The van der Waals surface area contributed by atoms with E-state index in [1.165, 1.54) is 12.0 Å². The summed E-state index contributed by atoms with van der Waals surface area (Å²) in [6.45, 7) is 0.635. The fourth-order valence-electron chi connectivity index (χ4n) is 4.36. The number of amides is 2. The van der Waals surface area contributed by atoms with Crippen LogP contribution in [0.25, 0.3) is 0 Å². The van der Waals surface area contributed by atoms with E-state index in [1.54, 1.807) is 0 Å². The number of carbonyl (C=O) groups is 2. The van der Waals surface area contributed by atoms with Gasteiger partial charge in [0.2, 0.25) is 0 Å². The summed E-state index contributed by atoms with van der Waals surface area (Å²) >= 11 is 0. The van der Waals surface area contributed by atoms with Crippen molar-refractivity contribution in [1.82, 2.24) is 10.6 Å². The molecule has 0 spiro atoms. The quantitative estimate of drug-likeness (QED) is 0.680. The molecule has 0 aromatic heterocycles. The second-order valence-electron chi connectivity index (χ2n) is 6.63. The highest BCUT2D eigenvalue weighted by Crippen LogP contribution is 2.48. The molecule has 3 aliphatic rings. The van der Waals surface area contributed by atoms with Crippen molar-refractivity contribution >= 4 is 12.0 Å². The van der Waals surface area contributed by atoms with Gasteiger partial charge in [-0.05, 0) is 56.8 Å². The molecule has 2 amide bonds. The van der Waals surface area contributed by atoms with Gasteiger partial charge in [0.25, 0.3) is 0 Å². The van der Waals surface area contributed by atoms with Crippen LogP contribution in [0.15, 0.2) is 11.6 Å². The number of carboxylic acids is 1. The maximum atomic E-state index is 12.0. The number of carbonyl (C=O) groups excluding carboxylic acids is 1. The average molecular weight is 292 g/mol. The molecule has 2 saturated carbocycles. The van der Waals surface area contributed by atoms with Crippen molar-refractivity contribution in [2.45, 2.75) is 51.0 Å². The topological polar surface area (TPSA) is 78.4 Å². The van der Waals surface area contributed by atoms with Crippen LogP contribution in [0.5, 0.6) is 0 Å². The van der Waals surface area contributed by atoms with Crippen molar-refractivity contribution in [2.75, 3.05) is 6.54 Å². The maximum absolute atomic E-state index is 12.0. The molecule has 4 atom stereocenters. The second kappa shape index (κ2) is 6.08. The number of fused-ring (bicyclic) bond motifs is 2. The van der Waals surface area contributed by atoms with Crippen molar-refractivity contribution in [3.8, 4) is 0 Å². The molecule has 4 unspecified atom stereocenters. The third-order valence-corrected chi connectivity index (χ3v) is 5.37. The zero-order chi connectivity index (χ0) is 14.8. The van der Waals surface area contributed by atoms with Gasteiger partial charge >= 0.3 is 12.0 Å². The molecular weight excluding hydrogens is 268 g/mol. The van der Waals surface area contributed by atoms with Gasteiger partial charge in [-0.2, -0.15) is 0 Å². The van der Waals surface area contributed by atoms with Crippen LogP contribution in [0.1, 0.15) is 44.9 Å². The van der Waals surface area contributed by atoms with Gasteiger partial charge < -0.3 is 15.7 Å². The standard InChI is InChI=1S/C16H24N2O3/c19-15(20)13-11-5-6-12(9-11)14(13)18-16(21)17-8-7-10-3-1-2-4-10/h3,11-14H,1-2,4-9H2,(H,19,20)(H2,17,18,21). The zero-order valence-electron chi connectivity index (χ0n) is 12.3. The van der Waals surface area contributed by atoms with E-state index in [2.05, 4.69) is 16.7 Å². The Morgan fingerprint density at radius 2 is 2.10 bits per heavy atom. The Hall–Kier alpha value is -1.52. The Balaban J connectivity index is 1.46. The number of allylic oxidation sites excluding steroid dienone is 1. The Morgan fingerprint density at radius 3 is 2.81 bits per heavy atom. The monoisotopic (exact) mass is 292 g/mol. The van der Waals surface area contributed by atoms with Crippen LogP contribution in [-0.4, -0.2) is 29.7 Å². The first kappa shape index (κ1) is 14.4. The Kier molecular flexibility index (Phi) is 4.17. The number of rotatable bonds is 5. The van der Waals surface area contributed by atoms with Crippen molar-refractivity contribution in [3.05, 3.63) is 11.6 Å². The van der Waals surface area contributed by atoms with Gasteiger partial charge in [0.15, 0.2) is 0 Å². The highest BCUT2D eigenvalue weighted by Gasteiger charge is 2.51. The van der Waals surface area contributed by atoms with Crippen molar-refractivity contribution in [3.63, 3.8) is 0 Å². The Labute approximate surface area is 125 Å². The van der Waals surface area contributed by atoms with Crippen molar-refractivity contribution in [2.24, 2.45) is 17.8 Å². The van der Waals surface area contributed by atoms with Crippen LogP contribution in [0.2, 0.25) is 0 Å². The lowest BCUT2D eigenvalue weighted by Crippen LogP contribution is -2.50. The molecule has 3 rings (SSSR count). The first-order valence-electron chi connectivity index (χ1n) is 8.10. The molecule has 21 heavy (non-hydrogen) atoms. The van der Waals surface area contributed by atoms with E-state index in [0.717, 1.165) is 38.5 Å². The predicted octanol–water partition coefficient (Wildman–Crippen LogP) is 2.29. The number of aliphatic carboxylic acids is 1. The molecule has 2 fully saturated rings. The molecule has 0 aromatic carbocycles. The highest BCUT2D eigenvalue weighted by molar-refractivity contribution is 5.77. The summed E-state index contributed by atoms with van der Waals surface area (Å²) in [4.78, 5) is 23.4. The molecule has 0 radical (unpaired) electrons. The van der Waals surface area contributed by atoms with E-state index >= 15 is 0 Å². The van der Waals surface area contributed by atoms with Crippen LogP contribution < -0.4 is 10.6 Å². The summed E-state index contributed by atoms with van der Waals surface area (Å²) in [5, 5.41) is 15.1. The van der Waals surface area contributed by atoms with Crippen LogP contribution >= 0.6 is 0 Å². The summed E-state index contributed by atoms with van der Waals surface area (Å²) in [6, 6.07) is -0.399. The van der Waals surface area contributed by atoms with Gasteiger partial charge in [-0.1, -0.05) is 11.6 Å². The van der Waals surface area contributed by atoms with Crippen molar-refractivity contribution < 1.29 is 14.7 Å². The minimum Gasteiger partial charge on any atom is -0.481 e. The number of nitrogens with one attached hydrogen (secondary N) is 2. The molecule has 5 nitrogen and oxygen atoms in total. The van der Waals surface area contributed by atoms with Crippen LogP contribution in [0.3, 0.4) is 0 Å². The van der Waals surface area contributed by atoms with Gasteiger partial charge in [0.1, 0.15) is 0 Å². The minimum atomic E-state index is -0.761. The average Bonchev–Trinajstić information content (AvgIpc) is 3.14. The van der Waals surface area contributed by atoms with Gasteiger partial charge in [0.05, 0.1) is 5.92 Å². The van der Waals surface area contributed by atoms with Crippen LogP contribution in [0.4, 0.5) is 4.79 Å². The summed E-state index contributed by atoms with van der Waals surface area (Å²) in [5.74, 6) is -0.559. The van der Waals surface area contributed by atoms with Crippen LogP contribution in [0, 0.1) is 17.8 Å². The SMILES string of the molecule is O=C(NCCC1=CCCC1)NC1C2CCC(C2)C1C(=O)O. The number of carboxylic acid groups (broad SMARTS) is 1. The van der Waals surface area contributed by atoms with E-state index < -0.39 is 11.9 Å². The highest BCUT2D eigenvalue weighted by atomic mass is 16.4. The zero-order valence-corrected chi connectivity index (χ0v) is 12.3. The fraction of sp³-hybridized carbons (Fsp3) is 0.750. The summed E-state index contributed by atoms with van der Waals surface area (Å²) in [5.41, 5.74) is 1.43. The number of urea groups is 1. The van der Waals surface area contributed by atoms with Crippen LogP contribution in [-0.2, 0) is 4.79 Å². The molecule has 0 aliphatic heterocycles. The summed E-state index contributed by atoms with van der Waals surface area (Å²) < 4.78 is 0. The van der Waals surface area contributed by atoms with Crippen molar-refractivity contribution in [1.29, 1.82) is 0 Å². The van der Waals surface area contributed by atoms with E-state index in [9.17, 15) is 14.7 Å². The van der Waals surface area contributed by atoms with Gasteiger partial charge in [-0.15, -0.1) is 0 Å². The Morgan fingerprint density at radius 1 is 1.29 bits per heavy atom. The molecule has 2 bridgehead atoms. The van der Waals surface area contributed by atoms with E-state index in [-0.39, 0.29) is 18.0 Å². The second-order valence-corrected chi connectivity index (χ2v) is 6.63. The lowest BCUT2D eigenvalue weighted by Gasteiger charge is -2.28. The molecule has 0 saturated heterocycles. The molecule has 5 heteroatoms. The van der Waals surface area contributed by atoms with E-state index in [1.807, 2.05) is 0 Å². The molecule has 0 heterocycles. The van der Waals surface area contributed by atoms with E-state index in [4.69, 9.17) is 0 Å². The Bertz CT molecular complexity index is 460. The maximum Gasteiger partial charge on any atom is 0.315 e. The lowest BCUT2D eigenvalue weighted by molar-refractivity contribution is -0.144. The third-order valence-electron chi connectivity index (χ3n) is 5.37. The smallest absolute Gasteiger partial charge is 0.315 e. The predicted molar refractivity (Wildman–Crippen MR) is 78.8 cm³/mol. The molecule has 0 aromatic rings. The first-order valence-corrected chi connectivity index (χ1v) is 8.10. The third kappa shape index (κ3) is 3.06. The molecule has 3 N–H and O–H groups in total. The lowest BCUT2D eigenvalue weighted by atomic mass is 9.84. The fourth-order valence-corrected chi connectivity index (χ4v) is 4.36. The molecule has 3 aliphatic carbocycles. The normalized spacial score (nSPS) is 33.8. The first-order chi connectivity index (χ1) is 10.1. The largest absolute Gasteiger partial charge is 0.481 e. The number of hydrogen-bond acceptors (Lipinski definition) is 2.